The maximum Gasteiger partial charge on any atom is 0.222 e. The topological polar surface area (TPSA) is 56.3 Å². The summed E-state index contributed by atoms with van der Waals surface area (Å²) >= 11 is 0. The van der Waals surface area contributed by atoms with E-state index in [1.54, 1.807) is 7.11 Å². The third-order valence-electron chi connectivity index (χ3n) is 2.76. The van der Waals surface area contributed by atoms with E-state index in [0.717, 1.165) is 23.5 Å². The molecular formula is C11H17N3O2. The number of likely N-dealkylation sites (N-methyl/N-ethyl adjacent to an activating group) is 1. The lowest BCUT2D eigenvalue weighted by Gasteiger charge is -2.11. The lowest BCUT2D eigenvalue weighted by molar-refractivity contribution is 0.132. The predicted octanol–water partition coefficient (Wildman–Crippen LogP) is 0.666. The van der Waals surface area contributed by atoms with Crippen LogP contribution in [0.2, 0.25) is 0 Å². The van der Waals surface area contributed by atoms with Crippen molar-refractivity contribution in [2.45, 2.75) is 32.6 Å². The summed E-state index contributed by atoms with van der Waals surface area (Å²) in [6, 6.07) is 0.352. The van der Waals surface area contributed by atoms with Crippen LogP contribution in [0.4, 0.5) is 0 Å². The molecule has 1 atom stereocenters. The highest BCUT2D eigenvalue weighted by atomic mass is 16.5. The minimum Gasteiger partial charge on any atom is -0.481 e. The molecule has 1 aliphatic heterocycles. The number of nitrogens with one attached hydrogen (secondary N) is 1. The number of fused-ring (bicyclic) bond motifs is 1. The Morgan fingerprint density at radius 2 is 2.25 bits per heavy atom. The first-order valence-electron chi connectivity index (χ1n) is 5.42. The lowest BCUT2D eigenvalue weighted by atomic mass is 10.2. The third kappa shape index (κ3) is 2.15. The zero-order valence-corrected chi connectivity index (χ0v) is 9.91. The fourth-order valence-electron chi connectivity index (χ4n) is 1.71. The van der Waals surface area contributed by atoms with E-state index in [1.165, 1.54) is 0 Å². The predicted molar refractivity (Wildman–Crippen MR) is 59.3 cm³/mol. The van der Waals surface area contributed by atoms with Crippen molar-refractivity contribution in [1.82, 2.24) is 15.3 Å². The largest absolute Gasteiger partial charge is 0.481 e. The molecule has 0 saturated heterocycles. The van der Waals surface area contributed by atoms with Gasteiger partial charge in [-0.05, 0) is 14.0 Å². The maximum absolute atomic E-state index is 5.35. The average Bonchev–Trinajstić information content (AvgIpc) is 2.75. The summed E-state index contributed by atoms with van der Waals surface area (Å²) in [7, 11) is 3.56. The summed E-state index contributed by atoms with van der Waals surface area (Å²) in [6.45, 7) is 3.22. The van der Waals surface area contributed by atoms with Crippen LogP contribution >= 0.6 is 0 Å². The van der Waals surface area contributed by atoms with Gasteiger partial charge >= 0.3 is 0 Å². The molecule has 16 heavy (non-hydrogen) atoms. The number of methoxy groups -OCH3 is 1. The molecule has 1 aromatic rings. The minimum atomic E-state index is 0.352. The molecule has 5 nitrogen and oxygen atoms in total. The summed E-state index contributed by atoms with van der Waals surface area (Å²) in [5.74, 6) is 1.46. The van der Waals surface area contributed by atoms with E-state index in [-0.39, 0.29) is 0 Å². The summed E-state index contributed by atoms with van der Waals surface area (Å²) in [6.07, 6.45) is 0.792. The van der Waals surface area contributed by atoms with Crippen LogP contribution in [-0.2, 0) is 24.4 Å². The van der Waals surface area contributed by atoms with Crippen LogP contribution < -0.4 is 10.1 Å². The Bertz CT molecular complexity index is 382. The molecule has 1 aliphatic rings. The highest BCUT2D eigenvalue weighted by Gasteiger charge is 2.20. The molecular weight excluding hydrogens is 206 g/mol. The third-order valence-corrected chi connectivity index (χ3v) is 2.76. The van der Waals surface area contributed by atoms with Gasteiger partial charge in [-0.25, -0.2) is 4.98 Å². The second-order valence-corrected chi connectivity index (χ2v) is 3.96. The van der Waals surface area contributed by atoms with Crippen LogP contribution in [0.1, 0.15) is 24.0 Å². The monoisotopic (exact) mass is 223 g/mol. The van der Waals surface area contributed by atoms with Crippen LogP contribution in [0.3, 0.4) is 0 Å². The quantitative estimate of drug-likeness (QED) is 0.813. The zero-order valence-electron chi connectivity index (χ0n) is 9.91. The molecule has 88 valence electrons. The summed E-state index contributed by atoms with van der Waals surface area (Å²) in [4.78, 5) is 8.89. The van der Waals surface area contributed by atoms with E-state index in [2.05, 4.69) is 22.2 Å². The van der Waals surface area contributed by atoms with E-state index in [0.29, 0.717) is 25.1 Å². The maximum atomic E-state index is 5.35. The summed E-state index contributed by atoms with van der Waals surface area (Å²) in [5, 5.41) is 3.17. The second-order valence-electron chi connectivity index (χ2n) is 3.96. The van der Waals surface area contributed by atoms with Crippen molar-refractivity contribution in [1.29, 1.82) is 0 Å². The molecule has 0 amide bonds. The Balaban J connectivity index is 2.27. The number of rotatable bonds is 4. The van der Waals surface area contributed by atoms with Crippen molar-refractivity contribution in [2.75, 3.05) is 14.2 Å². The van der Waals surface area contributed by atoms with Gasteiger partial charge in [0.25, 0.3) is 0 Å². The van der Waals surface area contributed by atoms with Gasteiger partial charge in [-0.1, -0.05) is 0 Å². The van der Waals surface area contributed by atoms with E-state index in [4.69, 9.17) is 9.47 Å². The molecule has 0 aromatic carbocycles. The van der Waals surface area contributed by atoms with Crippen LogP contribution in [0, 0.1) is 0 Å². The van der Waals surface area contributed by atoms with Crippen molar-refractivity contribution in [2.24, 2.45) is 0 Å². The Hall–Kier alpha value is -1.20. The highest BCUT2D eigenvalue weighted by Crippen LogP contribution is 2.26. The zero-order chi connectivity index (χ0) is 11.5. The van der Waals surface area contributed by atoms with Crippen molar-refractivity contribution < 1.29 is 9.47 Å². The van der Waals surface area contributed by atoms with Crippen LogP contribution in [0.5, 0.6) is 5.88 Å². The average molecular weight is 223 g/mol. The Kier molecular flexibility index (Phi) is 3.36. The fourth-order valence-corrected chi connectivity index (χ4v) is 1.71. The highest BCUT2D eigenvalue weighted by molar-refractivity contribution is 5.32. The van der Waals surface area contributed by atoms with Gasteiger partial charge in [-0.15, -0.1) is 0 Å². The smallest absolute Gasteiger partial charge is 0.222 e. The van der Waals surface area contributed by atoms with Gasteiger partial charge in [0, 0.05) is 12.5 Å². The molecule has 1 N–H and O–H groups in total. The normalized spacial score (nSPS) is 15.9. The van der Waals surface area contributed by atoms with E-state index in [1.807, 2.05) is 7.05 Å². The first-order valence-corrected chi connectivity index (χ1v) is 5.42. The second kappa shape index (κ2) is 4.76. The van der Waals surface area contributed by atoms with Crippen molar-refractivity contribution in [3.05, 3.63) is 17.1 Å². The Labute approximate surface area is 95.2 Å². The van der Waals surface area contributed by atoms with E-state index < -0.39 is 0 Å². The SMILES string of the molecule is CNC(C)Cc1nc2c(c(OC)n1)COC2. The molecule has 0 spiro atoms. The lowest BCUT2D eigenvalue weighted by Crippen LogP contribution is -2.25. The van der Waals surface area contributed by atoms with Gasteiger partial charge in [0.1, 0.15) is 5.82 Å². The number of nitrogens with zero attached hydrogens (tertiary/aromatic N) is 2. The van der Waals surface area contributed by atoms with Crippen LogP contribution in [-0.4, -0.2) is 30.2 Å². The van der Waals surface area contributed by atoms with Gasteiger partial charge in [0.2, 0.25) is 5.88 Å². The van der Waals surface area contributed by atoms with Crippen molar-refractivity contribution in [3.63, 3.8) is 0 Å². The van der Waals surface area contributed by atoms with Crippen LogP contribution in [0.15, 0.2) is 0 Å². The van der Waals surface area contributed by atoms with Gasteiger partial charge in [0.05, 0.1) is 31.6 Å². The molecule has 0 aliphatic carbocycles. The molecule has 0 radical (unpaired) electrons. The molecule has 0 fully saturated rings. The van der Waals surface area contributed by atoms with Gasteiger partial charge in [0.15, 0.2) is 0 Å². The van der Waals surface area contributed by atoms with E-state index in [9.17, 15) is 0 Å². The molecule has 0 bridgehead atoms. The van der Waals surface area contributed by atoms with E-state index >= 15 is 0 Å². The molecule has 1 aromatic heterocycles. The van der Waals surface area contributed by atoms with Gasteiger partial charge in [-0.3, -0.25) is 0 Å². The molecule has 2 heterocycles. The van der Waals surface area contributed by atoms with Gasteiger partial charge < -0.3 is 14.8 Å². The van der Waals surface area contributed by atoms with Gasteiger partial charge in [-0.2, -0.15) is 4.98 Å². The van der Waals surface area contributed by atoms with Crippen molar-refractivity contribution in [3.8, 4) is 5.88 Å². The fraction of sp³-hybridized carbons (Fsp3) is 0.636. The minimum absolute atomic E-state index is 0.352. The molecule has 1 unspecified atom stereocenters. The number of hydrogen-bond donors (Lipinski definition) is 1. The molecule has 0 saturated carbocycles. The first-order chi connectivity index (χ1) is 7.74. The Morgan fingerprint density at radius 3 is 2.94 bits per heavy atom. The number of aromatic nitrogens is 2. The summed E-state index contributed by atoms with van der Waals surface area (Å²) in [5.41, 5.74) is 1.95. The molecule has 2 rings (SSSR count). The van der Waals surface area contributed by atoms with Crippen molar-refractivity contribution >= 4 is 0 Å². The number of ether oxygens (including phenoxy) is 2. The number of hydrogen-bond acceptors (Lipinski definition) is 5. The van der Waals surface area contributed by atoms with Crippen LogP contribution in [0.25, 0.3) is 0 Å². The summed E-state index contributed by atoms with van der Waals surface area (Å²) < 4.78 is 10.6. The standard InChI is InChI=1S/C11H17N3O2/c1-7(12-2)4-10-13-9-6-16-5-8(9)11(14-10)15-3/h7,12H,4-6H2,1-3H3. The Morgan fingerprint density at radius 1 is 1.44 bits per heavy atom. The molecule has 5 heteroatoms. The first kappa shape index (κ1) is 11.3.